The highest BCUT2D eigenvalue weighted by molar-refractivity contribution is 6.42. The van der Waals surface area contributed by atoms with Crippen molar-refractivity contribution in [2.75, 3.05) is 18.2 Å². The summed E-state index contributed by atoms with van der Waals surface area (Å²) in [6.07, 6.45) is 0.0362. The highest BCUT2D eigenvalue weighted by Crippen LogP contribution is 2.41. The van der Waals surface area contributed by atoms with Crippen LogP contribution in [0.1, 0.15) is 12.5 Å². The minimum Gasteiger partial charge on any atom is -0.465 e. The summed E-state index contributed by atoms with van der Waals surface area (Å²) in [4.78, 5) is 13.5. The van der Waals surface area contributed by atoms with Crippen molar-refractivity contribution in [1.82, 2.24) is 10.3 Å². The van der Waals surface area contributed by atoms with E-state index >= 15 is 0 Å². The molecule has 1 atom stereocenters. The van der Waals surface area contributed by atoms with Gasteiger partial charge in [-0.1, -0.05) is 23.2 Å². The quantitative estimate of drug-likeness (QED) is 0.677. The van der Waals surface area contributed by atoms with E-state index in [2.05, 4.69) is 5.43 Å². The minimum absolute atomic E-state index is 0. The van der Waals surface area contributed by atoms with Crippen molar-refractivity contribution >= 4 is 47.3 Å². The Kier molecular flexibility index (Phi) is 4.66. The lowest BCUT2D eigenvalue weighted by Gasteiger charge is -2.27. The van der Waals surface area contributed by atoms with E-state index in [-0.39, 0.29) is 31.2 Å². The van der Waals surface area contributed by atoms with Gasteiger partial charge in [0, 0.05) is 12.1 Å². The molecule has 5 nitrogen and oxygen atoms in total. The number of carbonyl (C=O) groups excluding carboxylic acids is 1. The molecule has 110 valence electrons. The smallest absolute Gasteiger partial charge is 0.320 e. The molecule has 8 heteroatoms. The lowest BCUT2D eigenvalue weighted by atomic mass is 10.1. The number of halogens is 3. The van der Waals surface area contributed by atoms with Crippen LogP contribution in [0, 0.1) is 0 Å². The van der Waals surface area contributed by atoms with Gasteiger partial charge in [-0.2, -0.15) is 5.43 Å². The van der Waals surface area contributed by atoms with Crippen LogP contribution in [0.4, 0.5) is 5.69 Å². The van der Waals surface area contributed by atoms with Crippen molar-refractivity contribution in [3.05, 3.63) is 27.7 Å². The second-order valence-corrected chi connectivity index (χ2v) is 5.23. The van der Waals surface area contributed by atoms with Crippen LogP contribution in [0.15, 0.2) is 12.1 Å². The summed E-state index contributed by atoms with van der Waals surface area (Å²) < 4.78 is 4.97. The fourth-order valence-corrected chi connectivity index (χ4v) is 2.70. The maximum atomic E-state index is 11.6. The van der Waals surface area contributed by atoms with Crippen molar-refractivity contribution in [3.8, 4) is 0 Å². The molecule has 1 aromatic carbocycles. The Balaban J connectivity index is 0.00000147. The molecule has 20 heavy (non-hydrogen) atoms. The molecular formula is C12H14Cl3N3O2. The number of nitrogens with zero attached hydrogens (tertiary/aromatic N) is 2. The fourth-order valence-electron chi connectivity index (χ4n) is 2.30. The van der Waals surface area contributed by atoms with Crippen LogP contribution in [0.5, 0.6) is 0 Å². The Hall–Kier alpha value is -0.720. The second kappa shape index (κ2) is 5.95. The first-order valence-electron chi connectivity index (χ1n) is 6.03. The summed E-state index contributed by atoms with van der Waals surface area (Å²) in [5.74, 6) is -0.238. The van der Waals surface area contributed by atoms with E-state index in [0.717, 1.165) is 11.3 Å². The van der Waals surface area contributed by atoms with Gasteiger partial charge in [-0.25, -0.2) is 0 Å². The average Bonchev–Trinajstić information content (AvgIpc) is 3.15. The molecule has 2 aliphatic rings. The molecule has 1 N–H and O–H groups in total. The molecule has 1 fully saturated rings. The van der Waals surface area contributed by atoms with Crippen LogP contribution in [0.25, 0.3) is 0 Å². The summed E-state index contributed by atoms with van der Waals surface area (Å²) in [6, 6.07) is 3.71. The summed E-state index contributed by atoms with van der Waals surface area (Å²) in [7, 11) is 0. The topological polar surface area (TPSA) is 54.5 Å². The first-order valence-corrected chi connectivity index (χ1v) is 6.79. The van der Waals surface area contributed by atoms with Gasteiger partial charge in [-0.15, -0.1) is 12.4 Å². The molecule has 0 aromatic heterocycles. The maximum absolute atomic E-state index is 11.6. The molecule has 0 spiro atoms. The number of fused-ring (bicyclic) bond motifs is 3. The number of nitrogens with one attached hydrogen (secondary N) is 1. The third-order valence-corrected chi connectivity index (χ3v) is 4.05. The van der Waals surface area contributed by atoms with Crippen LogP contribution in [0.3, 0.4) is 0 Å². The summed E-state index contributed by atoms with van der Waals surface area (Å²) in [5.41, 5.74) is 5.12. The van der Waals surface area contributed by atoms with Gasteiger partial charge >= 0.3 is 5.97 Å². The number of esters is 1. The number of hydrogen-bond acceptors (Lipinski definition) is 5. The largest absolute Gasteiger partial charge is 0.465 e. The molecule has 1 saturated heterocycles. The molecule has 0 amide bonds. The van der Waals surface area contributed by atoms with Crippen molar-refractivity contribution in [2.45, 2.75) is 19.8 Å². The predicted octanol–water partition coefficient (Wildman–Crippen LogP) is 2.40. The third-order valence-electron chi connectivity index (χ3n) is 3.21. The molecule has 2 aliphatic heterocycles. The first-order chi connectivity index (χ1) is 9.11. The molecular weight excluding hydrogens is 325 g/mol. The van der Waals surface area contributed by atoms with E-state index in [1.165, 1.54) is 0 Å². The molecule has 1 unspecified atom stereocenters. The third kappa shape index (κ3) is 2.69. The Morgan fingerprint density at radius 3 is 2.95 bits per heavy atom. The van der Waals surface area contributed by atoms with Crippen LogP contribution in [-0.4, -0.2) is 30.3 Å². The predicted molar refractivity (Wildman–Crippen MR) is 80.2 cm³/mol. The Morgan fingerprint density at radius 2 is 2.25 bits per heavy atom. The minimum atomic E-state index is -0.238. The van der Waals surface area contributed by atoms with Crippen LogP contribution in [0.2, 0.25) is 10.0 Å². The fraction of sp³-hybridized carbons (Fsp3) is 0.417. The van der Waals surface area contributed by atoms with Gasteiger partial charge in [0.25, 0.3) is 0 Å². The van der Waals surface area contributed by atoms with Gasteiger partial charge in [0.05, 0.1) is 28.9 Å². The van der Waals surface area contributed by atoms with E-state index < -0.39 is 0 Å². The highest BCUT2D eigenvalue weighted by Gasteiger charge is 2.45. The number of carbonyl (C=O) groups is 1. The van der Waals surface area contributed by atoms with Crippen LogP contribution >= 0.6 is 35.6 Å². The van der Waals surface area contributed by atoms with Gasteiger partial charge < -0.3 is 4.74 Å². The number of rotatable bonds is 3. The van der Waals surface area contributed by atoms with E-state index in [1.807, 2.05) is 16.0 Å². The second-order valence-electron chi connectivity index (χ2n) is 4.44. The monoisotopic (exact) mass is 337 g/mol. The maximum Gasteiger partial charge on any atom is 0.320 e. The standard InChI is InChI=1S/C12H13Cl2N3O2.ClH/c1-2-19-10(18)6-16-5-7-9(17-12(16)15-17)4-3-8(13)11(7)14;/h3-4,12,15H,2,5-6H2,1H3;1H. The zero-order valence-electron chi connectivity index (χ0n) is 10.7. The van der Waals surface area contributed by atoms with E-state index in [9.17, 15) is 4.79 Å². The zero-order valence-corrected chi connectivity index (χ0v) is 13.1. The van der Waals surface area contributed by atoms with Crippen LogP contribution in [-0.2, 0) is 16.1 Å². The van der Waals surface area contributed by atoms with Gasteiger partial charge in [-0.3, -0.25) is 14.7 Å². The molecule has 2 heterocycles. The Morgan fingerprint density at radius 1 is 1.50 bits per heavy atom. The molecule has 3 rings (SSSR count). The number of hydrazine groups is 1. The number of benzene rings is 1. The van der Waals surface area contributed by atoms with E-state index in [4.69, 9.17) is 27.9 Å². The van der Waals surface area contributed by atoms with Crippen molar-refractivity contribution in [2.24, 2.45) is 0 Å². The molecule has 0 aliphatic carbocycles. The van der Waals surface area contributed by atoms with Gasteiger partial charge in [0.2, 0.25) is 0 Å². The molecule has 0 radical (unpaired) electrons. The zero-order chi connectivity index (χ0) is 13.6. The molecule has 0 bridgehead atoms. The lowest BCUT2D eigenvalue weighted by Crippen LogP contribution is -2.38. The summed E-state index contributed by atoms with van der Waals surface area (Å²) in [6.45, 7) is 2.98. The Bertz CT molecular complexity index is 541. The van der Waals surface area contributed by atoms with Gasteiger partial charge in [0.1, 0.15) is 0 Å². The normalized spacial score (nSPS) is 19.8. The lowest BCUT2D eigenvalue weighted by molar-refractivity contribution is -0.144. The van der Waals surface area contributed by atoms with Crippen molar-refractivity contribution in [3.63, 3.8) is 0 Å². The summed E-state index contributed by atoms with van der Waals surface area (Å²) >= 11 is 12.3. The molecule has 0 saturated carbocycles. The SMILES string of the molecule is CCOC(=O)CN1Cc2c(ccc(Cl)c2Cl)N2NC12.Cl. The number of ether oxygens (including phenoxy) is 1. The molecule has 1 aromatic rings. The van der Waals surface area contributed by atoms with Crippen LogP contribution < -0.4 is 10.4 Å². The first kappa shape index (κ1) is 15.7. The highest BCUT2D eigenvalue weighted by atomic mass is 35.5. The van der Waals surface area contributed by atoms with Crippen molar-refractivity contribution < 1.29 is 9.53 Å². The van der Waals surface area contributed by atoms with Gasteiger partial charge in [0.15, 0.2) is 6.29 Å². The summed E-state index contributed by atoms with van der Waals surface area (Å²) in [5, 5.41) is 3.03. The van der Waals surface area contributed by atoms with E-state index in [0.29, 0.717) is 23.2 Å². The number of hydrogen-bond donors (Lipinski definition) is 1. The van der Waals surface area contributed by atoms with Gasteiger partial charge in [-0.05, 0) is 19.1 Å². The Labute approximate surface area is 133 Å². The average molecular weight is 339 g/mol. The van der Waals surface area contributed by atoms with Crippen molar-refractivity contribution in [1.29, 1.82) is 0 Å². The van der Waals surface area contributed by atoms with E-state index in [1.54, 1.807) is 13.0 Å². The number of anilines is 1.